The molecule has 1 heterocycles. The van der Waals surface area contributed by atoms with E-state index in [1.807, 2.05) is 0 Å². The summed E-state index contributed by atoms with van der Waals surface area (Å²) in [7, 11) is 1.48. The van der Waals surface area contributed by atoms with Crippen molar-refractivity contribution >= 4 is 17.4 Å². The topological polar surface area (TPSA) is 65.3 Å². The van der Waals surface area contributed by atoms with Gasteiger partial charge in [0, 0.05) is 17.3 Å². The van der Waals surface area contributed by atoms with E-state index < -0.39 is 4.92 Å². The highest BCUT2D eigenvalue weighted by Gasteiger charge is 2.16. The molecule has 0 spiro atoms. The zero-order valence-electron chi connectivity index (χ0n) is 9.57. The number of nitrogens with zero attached hydrogens (tertiary/aromatic N) is 2. The molecule has 18 heavy (non-hydrogen) atoms. The van der Waals surface area contributed by atoms with Gasteiger partial charge in [0.25, 0.3) is 5.69 Å². The molecule has 0 bridgehead atoms. The molecule has 0 amide bonds. The lowest BCUT2D eigenvalue weighted by Crippen LogP contribution is -1.92. The SMILES string of the molecule is COc1ccc(Sc2ccncc2)c([N+](=O)[O-])c1. The number of nitro groups is 1. The first-order valence-electron chi connectivity index (χ1n) is 5.11. The highest BCUT2D eigenvalue weighted by molar-refractivity contribution is 7.99. The molecule has 5 nitrogen and oxygen atoms in total. The number of rotatable bonds is 4. The molecule has 0 atom stereocenters. The minimum atomic E-state index is -0.411. The van der Waals surface area contributed by atoms with Gasteiger partial charge >= 0.3 is 0 Å². The van der Waals surface area contributed by atoms with Crippen LogP contribution in [0.5, 0.6) is 5.75 Å². The number of ether oxygens (including phenoxy) is 1. The van der Waals surface area contributed by atoms with Gasteiger partial charge in [0.2, 0.25) is 0 Å². The summed E-state index contributed by atoms with van der Waals surface area (Å²) in [5, 5.41) is 11.0. The van der Waals surface area contributed by atoms with Gasteiger partial charge in [-0.2, -0.15) is 0 Å². The molecule has 0 aliphatic heterocycles. The van der Waals surface area contributed by atoms with E-state index in [1.54, 1.807) is 36.7 Å². The van der Waals surface area contributed by atoms with Crippen LogP contribution in [0.15, 0.2) is 52.5 Å². The number of aromatic nitrogens is 1. The van der Waals surface area contributed by atoms with Crippen molar-refractivity contribution in [3.05, 3.63) is 52.8 Å². The van der Waals surface area contributed by atoms with Crippen LogP contribution in [0.2, 0.25) is 0 Å². The Morgan fingerprint density at radius 2 is 2.00 bits per heavy atom. The molecule has 92 valence electrons. The fraction of sp³-hybridized carbons (Fsp3) is 0.0833. The van der Waals surface area contributed by atoms with Gasteiger partial charge in [-0.05, 0) is 24.3 Å². The highest BCUT2D eigenvalue weighted by atomic mass is 32.2. The number of benzene rings is 1. The third-order valence-corrected chi connectivity index (χ3v) is 3.31. The molecule has 2 aromatic rings. The van der Waals surface area contributed by atoms with Crippen LogP contribution in [-0.4, -0.2) is 17.0 Å². The summed E-state index contributed by atoms with van der Waals surface area (Å²) in [6, 6.07) is 8.42. The van der Waals surface area contributed by atoms with Crippen LogP contribution in [0.25, 0.3) is 0 Å². The highest BCUT2D eigenvalue weighted by Crippen LogP contribution is 2.36. The predicted octanol–water partition coefficient (Wildman–Crippen LogP) is 3.15. The summed E-state index contributed by atoms with van der Waals surface area (Å²) >= 11 is 1.32. The molecule has 1 aromatic carbocycles. The number of methoxy groups -OCH3 is 1. The molecule has 0 fully saturated rings. The van der Waals surface area contributed by atoms with Crippen LogP contribution in [0.3, 0.4) is 0 Å². The van der Waals surface area contributed by atoms with Crippen LogP contribution in [-0.2, 0) is 0 Å². The van der Waals surface area contributed by atoms with E-state index in [0.29, 0.717) is 10.6 Å². The molecule has 0 aliphatic carbocycles. The Morgan fingerprint density at radius 1 is 1.28 bits per heavy atom. The van der Waals surface area contributed by atoms with Crippen molar-refractivity contribution in [3.8, 4) is 5.75 Å². The third-order valence-electron chi connectivity index (χ3n) is 2.24. The fourth-order valence-electron chi connectivity index (χ4n) is 1.39. The third kappa shape index (κ3) is 2.78. The zero-order valence-corrected chi connectivity index (χ0v) is 10.4. The summed E-state index contributed by atoms with van der Waals surface area (Å²) in [5.41, 5.74) is 0.0381. The van der Waals surface area contributed by atoms with E-state index in [-0.39, 0.29) is 5.69 Å². The first-order valence-corrected chi connectivity index (χ1v) is 5.92. The van der Waals surface area contributed by atoms with Gasteiger partial charge in [0.1, 0.15) is 5.75 Å². The van der Waals surface area contributed by atoms with Crippen molar-refractivity contribution < 1.29 is 9.66 Å². The lowest BCUT2D eigenvalue weighted by molar-refractivity contribution is -0.387. The summed E-state index contributed by atoms with van der Waals surface area (Å²) in [6.07, 6.45) is 3.30. The van der Waals surface area contributed by atoms with Crippen LogP contribution in [0.4, 0.5) is 5.69 Å². The Kier molecular flexibility index (Phi) is 3.78. The van der Waals surface area contributed by atoms with E-state index in [2.05, 4.69) is 4.98 Å². The smallest absolute Gasteiger partial charge is 0.286 e. The zero-order chi connectivity index (χ0) is 13.0. The van der Waals surface area contributed by atoms with Gasteiger partial charge in [-0.1, -0.05) is 11.8 Å². The van der Waals surface area contributed by atoms with Crippen molar-refractivity contribution in [2.45, 2.75) is 9.79 Å². The van der Waals surface area contributed by atoms with E-state index in [4.69, 9.17) is 4.74 Å². The Labute approximate surface area is 108 Å². The number of nitro benzene ring substituents is 1. The van der Waals surface area contributed by atoms with E-state index >= 15 is 0 Å². The van der Waals surface area contributed by atoms with E-state index in [1.165, 1.54) is 24.9 Å². The summed E-state index contributed by atoms with van der Waals surface area (Å²) in [5.74, 6) is 0.473. The Bertz CT molecular complexity index is 561. The maximum atomic E-state index is 11.0. The van der Waals surface area contributed by atoms with E-state index in [0.717, 1.165) is 4.90 Å². The molecule has 1 aromatic heterocycles. The molecule has 0 radical (unpaired) electrons. The predicted molar refractivity (Wildman–Crippen MR) is 68.0 cm³/mol. The number of pyridine rings is 1. The standard InChI is InChI=1S/C12H10N2O3S/c1-17-9-2-3-12(11(8-9)14(15)16)18-10-4-6-13-7-5-10/h2-8H,1H3. The maximum absolute atomic E-state index is 11.0. The number of hydrogen-bond donors (Lipinski definition) is 0. The molecule has 0 unspecified atom stereocenters. The van der Waals surface area contributed by atoms with Crippen LogP contribution in [0.1, 0.15) is 0 Å². The van der Waals surface area contributed by atoms with Crippen molar-refractivity contribution in [2.75, 3.05) is 7.11 Å². The van der Waals surface area contributed by atoms with E-state index in [9.17, 15) is 10.1 Å². The normalized spacial score (nSPS) is 10.1. The fourth-order valence-corrected chi connectivity index (χ4v) is 2.27. The van der Waals surface area contributed by atoms with Gasteiger partial charge in [-0.15, -0.1) is 0 Å². The quantitative estimate of drug-likeness (QED) is 0.625. The molecular weight excluding hydrogens is 252 g/mol. The lowest BCUT2D eigenvalue weighted by atomic mass is 10.3. The first-order chi connectivity index (χ1) is 8.70. The Hall–Kier alpha value is -2.08. The van der Waals surface area contributed by atoms with Gasteiger partial charge in [-0.3, -0.25) is 15.1 Å². The van der Waals surface area contributed by atoms with Gasteiger partial charge in [0.15, 0.2) is 0 Å². The Balaban J connectivity index is 2.35. The van der Waals surface area contributed by atoms with Crippen LogP contribution >= 0.6 is 11.8 Å². The van der Waals surface area contributed by atoms with Gasteiger partial charge < -0.3 is 4.74 Å². The van der Waals surface area contributed by atoms with Crippen molar-refractivity contribution in [1.29, 1.82) is 0 Å². The van der Waals surface area contributed by atoms with Crippen molar-refractivity contribution in [2.24, 2.45) is 0 Å². The first kappa shape index (κ1) is 12.4. The largest absolute Gasteiger partial charge is 0.497 e. The lowest BCUT2D eigenvalue weighted by Gasteiger charge is -2.04. The summed E-state index contributed by atoms with van der Waals surface area (Å²) in [4.78, 5) is 16.0. The molecule has 0 saturated carbocycles. The van der Waals surface area contributed by atoms with Crippen LogP contribution < -0.4 is 4.74 Å². The molecule has 0 aliphatic rings. The Morgan fingerprint density at radius 3 is 2.61 bits per heavy atom. The second-order valence-electron chi connectivity index (χ2n) is 3.38. The maximum Gasteiger partial charge on any atom is 0.286 e. The average molecular weight is 262 g/mol. The molecule has 0 N–H and O–H groups in total. The average Bonchev–Trinajstić information content (AvgIpc) is 2.40. The summed E-state index contributed by atoms with van der Waals surface area (Å²) < 4.78 is 4.99. The molecule has 6 heteroatoms. The minimum Gasteiger partial charge on any atom is -0.497 e. The summed E-state index contributed by atoms with van der Waals surface area (Å²) in [6.45, 7) is 0. The molecule has 0 saturated heterocycles. The van der Waals surface area contributed by atoms with Gasteiger partial charge in [-0.25, -0.2) is 0 Å². The van der Waals surface area contributed by atoms with Gasteiger partial charge in [0.05, 0.1) is 23.0 Å². The molecular formula is C12H10N2O3S. The number of hydrogen-bond acceptors (Lipinski definition) is 5. The second-order valence-corrected chi connectivity index (χ2v) is 4.49. The van der Waals surface area contributed by atoms with Crippen molar-refractivity contribution in [3.63, 3.8) is 0 Å². The molecule has 2 rings (SSSR count). The van der Waals surface area contributed by atoms with Crippen LogP contribution in [0, 0.1) is 10.1 Å². The minimum absolute atomic E-state index is 0.0381. The van der Waals surface area contributed by atoms with Crippen molar-refractivity contribution in [1.82, 2.24) is 4.98 Å². The second kappa shape index (κ2) is 5.50. The monoisotopic (exact) mass is 262 g/mol.